The highest BCUT2D eigenvalue weighted by Gasteiger charge is 2.42. The molecule has 3 rings (SSSR count). The number of hydrogen-bond donors (Lipinski definition) is 2. The van der Waals surface area contributed by atoms with E-state index in [-0.39, 0.29) is 18.0 Å². The zero-order chi connectivity index (χ0) is 16.7. The van der Waals surface area contributed by atoms with Gasteiger partial charge in [-0.3, -0.25) is 4.79 Å². The van der Waals surface area contributed by atoms with Crippen LogP contribution in [0.5, 0.6) is 0 Å². The molecule has 0 aromatic heterocycles. The standard InChI is InChI=1S/C18H24N2O3/c1-17(9-13-5-3-4-6-14(13)10-17)11-19-16(23)20-8-7-18(2,12-20)15(21)22/h3-6H,7-12H2,1-2H3,(H,19,23)(H,21,22). The van der Waals surface area contributed by atoms with Gasteiger partial charge in [0, 0.05) is 19.6 Å². The van der Waals surface area contributed by atoms with E-state index in [2.05, 4.69) is 36.5 Å². The molecule has 0 saturated carbocycles. The molecule has 124 valence electrons. The van der Waals surface area contributed by atoms with E-state index in [1.165, 1.54) is 11.1 Å². The summed E-state index contributed by atoms with van der Waals surface area (Å²) in [5, 5.41) is 12.3. The lowest BCUT2D eigenvalue weighted by Gasteiger charge is -2.26. The first kappa shape index (κ1) is 15.8. The molecular weight excluding hydrogens is 292 g/mol. The van der Waals surface area contributed by atoms with Gasteiger partial charge in [0.25, 0.3) is 0 Å². The quantitative estimate of drug-likeness (QED) is 0.899. The number of rotatable bonds is 3. The third-order valence-corrected chi connectivity index (χ3v) is 5.30. The van der Waals surface area contributed by atoms with Crippen molar-refractivity contribution in [2.45, 2.75) is 33.1 Å². The summed E-state index contributed by atoms with van der Waals surface area (Å²) in [5.41, 5.74) is 1.95. The van der Waals surface area contributed by atoms with Crippen molar-refractivity contribution in [2.24, 2.45) is 10.8 Å². The first-order chi connectivity index (χ1) is 10.8. The topological polar surface area (TPSA) is 69.6 Å². The van der Waals surface area contributed by atoms with Crippen LogP contribution in [0.2, 0.25) is 0 Å². The minimum atomic E-state index is -0.828. The number of nitrogens with zero attached hydrogens (tertiary/aromatic N) is 1. The molecule has 0 bridgehead atoms. The molecule has 1 saturated heterocycles. The molecule has 0 spiro atoms. The van der Waals surface area contributed by atoms with Crippen LogP contribution in [0.4, 0.5) is 4.79 Å². The molecule has 1 atom stereocenters. The molecule has 1 aliphatic carbocycles. The van der Waals surface area contributed by atoms with Gasteiger partial charge >= 0.3 is 12.0 Å². The van der Waals surface area contributed by atoms with Crippen molar-refractivity contribution in [3.05, 3.63) is 35.4 Å². The lowest BCUT2D eigenvalue weighted by Crippen LogP contribution is -2.44. The van der Waals surface area contributed by atoms with Crippen LogP contribution < -0.4 is 5.32 Å². The smallest absolute Gasteiger partial charge is 0.317 e. The fourth-order valence-electron chi connectivity index (χ4n) is 3.72. The fourth-order valence-corrected chi connectivity index (χ4v) is 3.72. The maximum Gasteiger partial charge on any atom is 0.317 e. The van der Waals surface area contributed by atoms with Gasteiger partial charge in [-0.05, 0) is 42.7 Å². The lowest BCUT2D eigenvalue weighted by molar-refractivity contribution is -0.147. The van der Waals surface area contributed by atoms with Crippen LogP contribution in [-0.2, 0) is 17.6 Å². The van der Waals surface area contributed by atoms with Crippen molar-refractivity contribution in [2.75, 3.05) is 19.6 Å². The predicted molar refractivity (Wildman–Crippen MR) is 87.3 cm³/mol. The van der Waals surface area contributed by atoms with E-state index >= 15 is 0 Å². The van der Waals surface area contributed by atoms with E-state index in [4.69, 9.17) is 0 Å². The Bertz CT molecular complexity index is 618. The summed E-state index contributed by atoms with van der Waals surface area (Å²) in [6.45, 7) is 5.30. The largest absolute Gasteiger partial charge is 0.481 e. The summed E-state index contributed by atoms with van der Waals surface area (Å²) >= 11 is 0. The van der Waals surface area contributed by atoms with E-state index < -0.39 is 11.4 Å². The van der Waals surface area contributed by atoms with E-state index in [0.717, 1.165) is 12.8 Å². The van der Waals surface area contributed by atoms with Crippen LogP contribution in [0.3, 0.4) is 0 Å². The molecule has 2 amide bonds. The molecule has 1 aromatic carbocycles. The van der Waals surface area contributed by atoms with Gasteiger partial charge in [0.2, 0.25) is 0 Å². The van der Waals surface area contributed by atoms with Crippen molar-refractivity contribution in [1.82, 2.24) is 10.2 Å². The van der Waals surface area contributed by atoms with E-state index in [9.17, 15) is 14.7 Å². The molecule has 1 unspecified atom stereocenters. The monoisotopic (exact) mass is 316 g/mol. The zero-order valence-electron chi connectivity index (χ0n) is 13.8. The number of fused-ring (bicyclic) bond motifs is 1. The third kappa shape index (κ3) is 3.05. The Balaban J connectivity index is 1.56. The second-order valence-electron chi connectivity index (χ2n) is 7.63. The summed E-state index contributed by atoms with van der Waals surface area (Å²) in [4.78, 5) is 25.3. The van der Waals surface area contributed by atoms with Crippen LogP contribution in [0, 0.1) is 10.8 Å². The van der Waals surface area contributed by atoms with Gasteiger partial charge in [-0.1, -0.05) is 31.2 Å². The van der Waals surface area contributed by atoms with Gasteiger partial charge in [-0.15, -0.1) is 0 Å². The van der Waals surface area contributed by atoms with Crippen molar-refractivity contribution < 1.29 is 14.7 Å². The molecule has 0 radical (unpaired) electrons. The molecule has 23 heavy (non-hydrogen) atoms. The van der Waals surface area contributed by atoms with Gasteiger partial charge in [0.1, 0.15) is 0 Å². The Morgan fingerprint density at radius 3 is 2.35 bits per heavy atom. The summed E-state index contributed by atoms with van der Waals surface area (Å²) in [5.74, 6) is -0.828. The number of amides is 2. The SMILES string of the molecule is CC1(CNC(=O)N2CCC(C)(C(=O)O)C2)Cc2ccccc2C1. The van der Waals surface area contributed by atoms with Gasteiger partial charge in [0.15, 0.2) is 0 Å². The normalized spacial score (nSPS) is 25.2. The van der Waals surface area contributed by atoms with Crippen LogP contribution in [-0.4, -0.2) is 41.6 Å². The highest BCUT2D eigenvalue weighted by atomic mass is 16.4. The van der Waals surface area contributed by atoms with Crippen molar-refractivity contribution >= 4 is 12.0 Å². The fraction of sp³-hybridized carbons (Fsp3) is 0.556. The number of carboxylic acids is 1. The molecule has 1 fully saturated rings. The van der Waals surface area contributed by atoms with E-state index in [1.54, 1.807) is 11.8 Å². The maximum atomic E-state index is 12.3. The first-order valence-electron chi connectivity index (χ1n) is 8.14. The number of carbonyl (C=O) groups is 2. The highest BCUT2D eigenvalue weighted by Crippen LogP contribution is 2.36. The van der Waals surface area contributed by atoms with Crippen molar-refractivity contribution in [1.29, 1.82) is 0 Å². The third-order valence-electron chi connectivity index (χ3n) is 5.30. The van der Waals surface area contributed by atoms with Gasteiger partial charge in [-0.25, -0.2) is 4.79 Å². The maximum absolute atomic E-state index is 12.3. The predicted octanol–water partition coefficient (Wildman–Crippen LogP) is 2.30. The number of benzene rings is 1. The van der Waals surface area contributed by atoms with Crippen LogP contribution in [0.15, 0.2) is 24.3 Å². The van der Waals surface area contributed by atoms with Gasteiger partial charge < -0.3 is 15.3 Å². The van der Waals surface area contributed by atoms with E-state index in [0.29, 0.717) is 19.5 Å². The summed E-state index contributed by atoms with van der Waals surface area (Å²) in [7, 11) is 0. The molecule has 5 nitrogen and oxygen atoms in total. The number of urea groups is 1. The average molecular weight is 316 g/mol. The molecular formula is C18H24N2O3. The van der Waals surface area contributed by atoms with Crippen LogP contribution in [0.1, 0.15) is 31.4 Å². The molecule has 2 N–H and O–H groups in total. The lowest BCUT2D eigenvalue weighted by atomic mass is 9.87. The Morgan fingerprint density at radius 2 is 1.83 bits per heavy atom. The minimum Gasteiger partial charge on any atom is -0.481 e. The van der Waals surface area contributed by atoms with Crippen molar-refractivity contribution in [3.8, 4) is 0 Å². The van der Waals surface area contributed by atoms with Crippen molar-refractivity contribution in [3.63, 3.8) is 0 Å². The molecule has 2 aliphatic rings. The molecule has 1 aromatic rings. The number of aliphatic carboxylic acids is 1. The molecule has 1 aliphatic heterocycles. The van der Waals surface area contributed by atoms with E-state index in [1.807, 2.05) is 0 Å². The number of carbonyl (C=O) groups excluding carboxylic acids is 1. The van der Waals surface area contributed by atoms with Gasteiger partial charge in [-0.2, -0.15) is 0 Å². The number of likely N-dealkylation sites (tertiary alicyclic amines) is 1. The Morgan fingerprint density at radius 1 is 1.22 bits per heavy atom. The first-order valence-corrected chi connectivity index (χ1v) is 8.14. The highest BCUT2D eigenvalue weighted by molar-refractivity contribution is 5.79. The second-order valence-corrected chi connectivity index (χ2v) is 7.63. The zero-order valence-corrected chi connectivity index (χ0v) is 13.8. The number of nitrogens with one attached hydrogen (secondary N) is 1. The molecule has 1 heterocycles. The summed E-state index contributed by atoms with van der Waals surface area (Å²) < 4.78 is 0. The Kier molecular flexibility index (Phi) is 3.82. The van der Waals surface area contributed by atoms with Crippen LogP contribution >= 0.6 is 0 Å². The minimum absolute atomic E-state index is 0.0369. The van der Waals surface area contributed by atoms with Crippen LogP contribution in [0.25, 0.3) is 0 Å². The second kappa shape index (κ2) is 5.55. The summed E-state index contributed by atoms with van der Waals surface area (Å²) in [6.07, 6.45) is 2.45. The Labute approximate surface area is 136 Å². The average Bonchev–Trinajstić information content (AvgIpc) is 3.06. The van der Waals surface area contributed by atoms with Gasteiger partial charge in [0.05, 0.1) is 5.41 Å². The molecule has 5 heteroatoms. The number of hydrogen-bond acceptors (Lipinski definition) is 2. The Hall–Kier alpha value is -2.04. The number of carboxylic acid groups (broad SMARTS) is 1. The summed E-state index contributed by atoms with van der Waals surface area (Å²) in [6, 6.07) is 8.27.